The van der Waals surface area contributed by atoms with Gasteiger partial charge in [-0.2, -0.15) is 0 Å². The van der Waals surface area contributed by atoms with Crippen LogP contribution < -0.4 is 5.43 Å². The molecule has 26 heavy (non-hydrogen) atoms. The number of hydrogen-bond donors (Lipinski definition) is 2. The number of aryl methyl sites for hydroxylation is 1. The second-order valence-electron chi connectivity index (χ2n) is 6.39. The zero-order valence-corrected chi connectivity index (χ0v) is 14.2. The summed E-state index contributed by atoms with van der Waals surface area (Å²) in [6.07, 6.45) is 2.04. The van der Waals surface area contributed by atoms with Crippen molar-refractivity contribution in [1.29, 1.82) is 0 Å². The Hall–Kier alpha value is -3.22. The number of amides is 1. The van der Waals surface area contributed by atoms with E-state index in [0.29, 0.717) is 36.6 Å². The number of carbonyl (C=O) groups is 1. The number of rotatable bonds is 2. The molecule has 1 aromatic carbocycles. The van der Waals surface area contributed by atoms with Crippen LogP contribution in [0.3, 0.4) is 0 Å². The number of aromatic amines is 2. The van der Waals surface area contributed by atoms with E-state index < -0.39 is 0 Å². The predicted octanol–water partition coefficient (Wildman–Crippen LogP) is 2.41. The van der Waals surface area contributed by atoms with Crippen molar-refractivity contribution >= 4 is 5.91 Å². The Morgan fingerprint density at radius 2 is 2.15 bits per heavy atom. The highest BCUT2D eigenvalue weighted by Crippen LogP contribution is 2.23. The van der Waals surface area contributed by atoms with Crippen molar-refractivity contribution in [2.24, 2.45) is 0 Å². The quantitative estimate of drug-likeness (QED) is 0.743. The molecular weight excluding hydrogens is 335 g/mol. The van der Waals surface area contributed by atoms with Crippen LogP contribution in [0.1, 0.15) is 27.4 Å². The second-order valence-corrected chi connectivity index (χ2v) is 6.39. The number of fused-ring (bicyclic) bond motifs is 1. The van der Waals surface area contributed by atoms with Crippen LogP contribution in [-0.2, 0) is 13.0 Å². The van der Waals surface area contributed by atoms with Gasteiger partial charge in [0.25, 0.3) is 5.91 Å². The molecule has 0 bridgehead atoms. The smallest absolute Gasteiger partial charge is 0.259 e. The fourth-order valence-electron chi connectivity index (χ4n) is 3.15. The molecule has 0 fully saturated rings. The Balaban J connectivity index is 1.60. The van der Waals surface area contributed by atoms with E-state index in [1.165, 1.54) is 24.4 Å². The molecule has 2 N–H and O–H groups in total. The van der Waals surface area contributed by atoms with E-state index in [-0.39, 0.29) is 22.7 Å². The Labute approximate surface area is 148 Å². The molecule has 3 aromatic rings. The van der Waals surface area contributed by atoms with Crippen LogP contribution in [0.4, 0.5) is 4.39 Å². The fourth-order valence-corrected chi connectivity index (χ4v) is 3.15. The predicted molar refractivity (Wildman–Crippen MR) is 94.2 cm³/mol. The van der Waals surface area contributed by atoms with Crippen molar-refractivity contribution in [3.05, 3.63) is 75.2 Å². The molecule has 1 aliphatic rings. The summed E-state index contributed by atoms with van der Waals surface area (Å²) in [4.78, 5) is 37.0. The van der Waals surface area contributed by atoms with Crippen LogP contribution in [-0.4, -0.2) is 32.3 Å². The van der Waals surface area contributed by atoms with Crippen molar-refractivity contribution < 1.29 is 9.18 Å². The second kappa shape index (κ2) is 6.25. The van der Waals surface area contributed by atoms with Gasteiger partial charge in [0.05, 0.1) is 17.9 Å². The number of hydrogen-bond acceptors (Lipinski definition) is 3. The molecular formula is C19H17FN4O2. The Morgan fingerprint density at radius 3 is 2.92 bits per heavy atom. The van der Waals surface area contributed by atoms with Gasteiger partial charge in [0.1, 0.15) is 17.2 Å². The minimum atomic E-state index is -0.327. The van der Waals surface area contributed by atoms with Crippen LogP contribution in [0.2, 0.25) is 0 Å². The van der Waals surface area contributed by atoms with Gasteiger partial charge in [-0.15, -0.1) is 0 Å². The maximum absolute atomic E-state index is 13.4. The van der Waals surface area contributed by atoms with Crippen LogP contribution in [0.25, 0.3) is 11.4 Å². The first kappa shape index (κ1) is 16.3. The monoisotopic (exact) mass is 352 g/mol. The summed E-state index contributed by atoms with van der Waals surface area (Å²) in [5.41, 5.74) is 2.89. The van der Waals surface area contributed by atoms with Crippen molar-refractivity contribution in [3.8, 4) is 11.4 Å². The average molecular weight is 352 g/mol. The number of carbonyl (C=O) groups excluding carboxylic acids is 1. The van der Waals surface area contributed by atoms with Crippen LogP contribution >= 0.6 is 0 Å². The van der Waals surface area contributed by atoms with Crippen LogP contribution in [0.15, 0.2) is 41.3 Å². The summed E-state index contributed by atoms with van der Waals surface area (Å²) in [5.74, 6) is -0.0527. The van der Waals surface area contributed by atoms with Crippen molar-refractivity contribution in [3.63, 3.8) is 0 Å². The van der Waals surface area contributed by atoms with E-state index in [1.807, 2.05) is 0 Å². The Kier molecular flexibility index (Phi) is 3.91. The van der Waals surface area contributed by atoms with E-state index >= 15 is 0 Å². The summed E-state index contributed by atoms with van der Waals surface area (Å²) in [7, 11) is 0. The van der Waals surface area contributed by atoms with Gasteiger partial charge in [-0.1, -0.05) is 12.1 Å². The number of nitrogens with zero attached hydrogens (tertiary/aromatic N) is 2. The molecule has 1 amide bonds. The van der Waals surface area contributed by atoms with Gasteiger partial charge in [-0.25, -0.2) is 9.37 Å². The van der Waals surface area contributed by atoms with Crippen molar-refractivity contribution in [2.75, 3.05) is 6.54 Å². The normalized spacial score (nSPS) is 13.5. The first-order valence-electron chi connectivity index (χ1n) is 8.33. The summed E-state index contributed by atoms with van der Waals surface area (Å²) < 4.78 is 13.4. The molecule has 3 heterocycles. The van der Waals surface area contributed by atoms with Gasteiger partial charge < -0.3 is 14.9 Å². The summed E-state index contributed by atoms with van der Waals surface area (Å²) >= 11 is 0. The molecule has 0 radical (unpaired) electrons. The highest BCUT2D eigenvalue weighted by molar-refractivity contribution is 5.94. The lowest BCUT2D eigenvalue weighted by atomic mass is 10.1. The minimum Gasteiger partial charge on any atom is -0.364 e. The van der Waals surface area contributed by atoms with Gasteiger partial charge in [-0.3, -0.25) is 9.59 Å². The van der Waals surface area contributed by atoms with Crippen molar-refractivity contribution in [1.82, 2.24) is 19.9 Å². The third-order valence-electron chi connectivity index (χ3n) is 4.50. The average Bonchev–Trinajstić information content (AvgIpc) is 3.04. The number of aromatic nitrogens is 3. The molecule has 4 rings (SSSR count). The maximum Gasteiger partial charge on any atom is 0.259 e. The third-order valence-corrected chi connectivity index (χ3v) is 4.50. The topological polar surface area (TPSA) is 81.8 Å². The maximum atomic E-state index is 13.4. The zero-order valence-electron chi connectivity index (χ0n) is 14.2. The first-order chi connectivity index (χ1) is 12.5. The summed E-state index contributed by atoms with van der Waals surface area (Å²) in [6.45, 7) is 2.58. The van der Waals surface area contributed by atoms with E-state index in [0.717, 1.165) is 11.4 Å². The van der Waals surface area contributed by atoms with Crippen LogP contribution in [0, 0.1) is 12.7 Å². The molecule has 0 atom stereocenters. The van der Waals surface area contributed by atoms with Gasteiger partial charge in [0.15, 0.2) is 5.43 Å². The van der Waals surface area contributed by atoms with E-state index in [9.17, 15) is 14.0 Å². The van der Waals surface area contributed by atoms with E-state index in [4.69, 9.17) is 0 Å². The molecule has 0 spiro atoms. The number of pyridine rings is 1. The van der Waals surface area contributed by atoms with Crippen molar-refractivity contribution in [2.45, 2.75) is 19.9 Å². The summed E-state index contributed by atoms with van der Waals surface area (Å²) in [6, 6.07) is 7.62. The van der Waals surface area contributed by atoms with Gasteiger partial charge in [-0.05, 0) is 19.1 Å². The molecule has 2 aromatic heterocycles. The molecule has 7 heteroatoms. The first-order valence-corrected chi connectivity index (χ1v) is 8.33. The molecule has 1 aliphatic heterocycles. The molecule has 0 unspecified atom stereocenters. The number of benzene rings is 1. The highest BCUT2D eigenvalue weighted by Gasteiger charge is 2.26. The lowest BCUT2D eigenvalue weighted by molar-refractivity contribution is 0.0730. The largest absolute Gasteiger partial charge is 0.364 e. The standard InChI is InChI=1S/C19H17FN4O2/c1-11-7-17(25)14(9-21-11)19(26)24-6-5-15-16(10-24)23-18(22-15)12-3-2-4-13(20)8-12/h2-4,7-9H,5-6,10H2,1H3,(H,21,25)(H,22,23). The third kappa shape index (κ3) is 2.92. The Bertz CT molecular complexity index is 1050. The minimum absolute atomic E-state index is 0.129. The van der Waals surface area contributed by atoms with Crippen LogP contribution in [0.5, 0.6) is 0 Å². The van der Waals surface area contributed by atoms with Gasteiger partial charge in [0.2, 0.25) is 0 Å². The number of imidazole rings is 1. The lowest BCUT2D eigenvalue weighted by Crippen LogP contribution is -2.38. The SMILES string of the molecule is Cc1cc(=O)c(C(=O)N2CCc3nc(-c4cccc(F)c4)[nH]c3C2)c[nH]1. The highest BCUT2D eigenvalue weighted by atomic mass is 19.1. The fraction of sp³-hybridized carbons (Fsp3) is 0.211. The number of H-pyrrole nitrogens is 2. The molecule has 0 saturated carbocycles. The summed E-state index contributed by atoms with van der Waals surface area (Å²) in [5, 5.41) is 0. The van der Waals surface area contributed by atoms with Gasteiger partial charge >= 0.3 is 0 Å². The van der Waals surface area contributed by atoms with E-state index in [2.05, 4.69) is 15.0 Å². The molecule has 6 nitrogen and oxygen atoms in total. The number of nitrogens with one attached hydrogen (secondary N) is 2. The molecule has 0 aliphatic carbocycles. The molecule has 0 saturated heterocycles. The van der Waals surface area contributed by atoms with Gasteiger partial charge in [0, 0.05) is 36.5 Å². The Morgan fingerprint density at radius 1 is 1.31 bits per heavy atom. The lowest BCUT2D eigenvalue weighted by Gasteiger charge is -2.26. The molecule has 132 valence electrons. The number of halogens is 1. The zero-order chi connectivity index (χ0) is 18.3. The van der Waals surface area contributed by atoms with E-state index in [1.54, 1.807) is 24.0 Å².